The van der Waals surface area contributed by atoms with E-state index in [4.69, 9.17) is 0 Å². The van der Waals surface area contributed by atoms with Crippen molar-refractivity contribution in [1.29, 1.82) is 0 Å². The van der Waals surface area contributed by atoms with Crippen molar-refractivity contribution in [1.82, 2.24) is 14.8 Å². The minimum Gasteiger partial charge on any atom is -0.343 e. The Bertz CT molecular complexity index is 833. The highest BCUT2D eigenvalue weighted by molar-refractivity contribution is 7.98. The van der Waals surface area contributed by atoms with E-state index in [1.165, 1.54) is 0 Å². The maximum absolute atomic E-state index is 12.4. The molecule has 6 heteroatoms. The first kappa shape index (κ1) is 18.0. The fourth-order valence-electron chi connectivity index (χ4n) is 3.55. The molecule has 25 heavy (non-hydrogen) atoms. The highest BCUT2D eigenvalue weighted by Gasteiger charge is 2.29. The summed E-state index contributed by atoms with van der Waals surface area (Å²) >= 11 is 1.66. The van der Waals surface area contributed by atoms with Gasteiger partial charge < -0.3 is 14.8 Å². The maximum Gasteiger partial charge on any atom is 0.252 e. The third kappa shape index (κ3) is 4.07. The molecule has 1 aromatic carbocycles. The molecule has 1 N–H and O–H groups in total. The zero-order valence-electron chi connectivity index (χ0n) is 15.0. The second-order valence-electron chi connectivity index (χ2n) is 6.78. The van der Waals surface area contributed by atoms with Crippen molar-refractivity contribution < 1.29 is 4.79 Å². The Morgan fingerprint density at radius 3 is 2.80 bits per heavy atom. The van der Waals surface area contributed by atoms with Gasteiger partial charge in [0.05, 0.1) is 0 Å². The summed E-state index contributed by atoms with van der Waals surface area (Å²) in [4.78, 5) is 32.4. The molecule has 2 aromatic rings. The number of fused-ring (bicyclic) bond motifs is 1. The highest BCUT2D eigenvalue weighted by Crippen LogP contribution is 2.21. The van der Waals surface area contributed by atoms with E-state index in [1.807, 2.05) is 37.3 Å². The van der Waals surface area contributed by atoms with Crippen LogP contribution in [0.25, 0.3) is 10.9 Å². The molecule has 1 amide bonds. The van der Waals surface area contributed by atoms with Crippen LogP contribution in [0.4, 0.5) is 0 Å². The number of rotatable bonds is 6. The third-order valence-electron chi connectivity index (χ3n) is 4.82. The van der Waals surface area contributed by atoms with Gasteiger partial charge in [-0.25, -0.2) is 0 Å². The lowest BCUT2D eigenvalue weighted by Crippen LogP contribution is -2.30. The minimum absolute atomic E-state index is 0.0321. The summed E-state index contributed by atoms with van der Waals surface area (Å²) in [6, 6.07) is 8.11. The topological polar surface area (TPSA) is 56.4 Å². The molecule has 5 nitrogen and oxygen atoms in total. The number of benzene rings is 1. The predicted molar refractivity (Wildman–Crippen MR) is 103 cm³/mol. The fourth-order valence-corrected chi connectivity index (χ4v) is 3.99. The van der Waals surface area contributed by atoms with Crippen molar-refractivity contribution in [2.24, 2.45) is 5.92 Å². The van der Waals surface area contributed by atoms with E-state index in [1.54, 1.807) is 11.8 Å². The summed E-state index contributed by atoms with van der Waals surface area (Å²) in [5.74, 6) is 0.593. The predicted octanol–water partition coefficient (Wildman–Crippen LogP) is 2.55. The molecule has 2 heterocycles. The first-order valence-corrected chi connectivity index (χ1v) is 9.89. The monoisotopic (exact) mass is 359 g/mol. The van der Waals surface area contributed by atoms with Crippen LogP contribution in [0.2, 0.25) is 0 Å². The molecule has 1 aliphatic rings. The minimum atomic E-state index is -0.0321. The molecular formula is C19H25N3O2S. The Morgan fingerprint density at radius 2 is 2.12 bits per heavy atom. The molecule has 1 aliphatic heterocycles. The van der Waals surface area contributed by atoms with Gasteiger partial charge in [-0.2, -0.15) is 0 Å². The second-order valence-corrected chi connectivity index (χ2v) is 7.66. The maximum atomic E-state index is 12.4. The van der Waals surface area contributed by atoms with Gasteiger partial charge in [0.2, 0.25) is 5.91 Å². The molecular weight excluding hydrogens is 334 g/mol. The van der Waals surface area contributed by atoms with Crippen LogP contribution in [0.5, 0.6) is 0 Å². The van der Waals surface area contributed by atoms with Gasteiger partial charge in [0.25, 0.3) is 5.56 Å². The van der Waals surface area contributed by atoms with E-state index in [2.05, 4.69) is 22.0 Å². The quantitative estimate of drug-likeness (QED) is 0.806. The zero-order valence-corrected chi connectivity index (χ0v) is 15.9. The van der Waals surface area contributed by atoms with Gasteiger partial charge in [0, 0.05) is 48.6 Å². The molecule has 1 saturated heterocycles. The number of pyridine rings is 1. The molecule has 0 bridgehead atoms. The first-order valence-electron chi connectivity index (χ1n) is 8.66. The Hall–Kier alpha value is -1.79. The third-order valence-corrected chi connectivity index (χ3v) is 5.54. The Morgan fingerprint density at radius 1 is 1.32 bits per heavy atom. The summed E-state index contributed by atoms with van der Waals surface area (Å²) in [6.45, 7) is 5.03. The normalized spacial score (nSPS) is 17.8. The van der Waals surface area contributed by atoms with Gasteiger partial charge in [0.1, 0.15) is 0 Å². The van der Waals surface area contributed by atoms with E-state index in [-0.39, 0.29) is 11.5 Å². The van der Waals surface area contributed by atoms with Crippen molar-refractivity contribution in [3.63, 3.8) is 0 Å². The van der Waals surface area contributed by atoms with Crippen LogP contribution in [0.1, 0.15) is 18.9 Å². The molecule has 0 spiro atoms. The molecule has 1 aromatic heterocycles. The molecule has 0 saturated carbocycles. The Labute approximate surface area is 152 Å². The van der Waals surface area contributed by atoms with Gasteiger partial charge >= 0.3 is 0 Å². The van der Waals surface area contributed by atoms with Crippen molar-refractivity contribution in [3.05, 3.63) is 40.2 Å². The van der Waals surface area contributed by atoms with Crippen LogP contribution in [0.3, 0.4) is 0 Å². The van der Waals surface area contributed by atoms with Crippen LogP contribution in [0, 0.1) is 5.92 Å². The number of nitrogens with zero attached hydrogens (tertiary/aromatic N) is 2. The highest BCUT2D eigenvalue weighted by atomic mass is 32.2. The second kappa shape index (κ2) is 7.62. The van der Waals surface area contributed by atoms with E-state index in [9.17, 15) is 9.59 Å². The number of hydrogen-bond acceptors (Lipinski definition) is 4. The number of aromatic nitrogens is 1. The standard InChI is InChI=1S/C19H25N3O2S/c1-4-22-11-13(7-18(22)23)10-21(2)12-15-8-14-5-6-16(25-3)9-17(14)20-19(15)24/h5-6,8-9,13H,4,7,10-12H2,1-3H3,(H,20,24). The average molecular weight is 359 g/mol. The van der Waals surface area contributed by atoms with Crippen LogP contribution in [-0.4, -0.2) is 53.6 Å². The Balaban J connectivity index is 1.71. The largest absolute Gasteiger partial charge is 0.343 e. The number of H-pyrrole nitrogens is 1. The Kier molecular flexibility index (Phi) is 5.49. The van der Waals surface area contributed by atoms with Gasteiger partial charge in [-0.05, 0) is 49.7 Å². The summed E-state index contributed by atoms with van der Waals surface area (Å²) in [5, 5.41) is 1.05. The van der Waals surface area contributed by atoms with Gasteiger partial charge in [-0.1, -0.05) is 6.07 Å². The molecule has 1 fully saturated rings. The molecule has 134 valence electrons. The van der Waals surface area contributed by atoms with Crippen molar-refractivity contribution in [3.8, 4) is 0 Å². The molecule has 0 radical (unpaired) electrons. The van der Waals surface area contributed by atoms with E-state index in [0.717, 1.165) is 41.0 Å². The van der Waals surface area contributed by atoms with Crippen LogP contribution in [0.15, 0.2) is 34.0 Å². The number of thioether (sulfide) groups is 1. The SMILES string of the molecule is CCN1CC(CN(C)Cc2cc3ccc(SC)cc3[nH]c2=O)CC1=O. The van der Waals surface area contributed by atoms with Crippen LogP contribution < -0.4 is 5.56 Å². The van der Waals surface area contributed by atoms with Crippen molar-refractivity contribution in [2.45, 2.75) is 24.8 Å². The lowest BCUT2D eigenvalue weighted by molar-refractivity contribution is -0.127. The van der Waals surface area contributed by atoms with Crippen LogP contribution in [-0.2, 0) is 11.3 Å². The van der Waals surface area contributed by atoms with E-state index >= 15 is 0 Å². The lowest BCUT2D eigenvalue weighted by Gasteiger charge is -2.21. The van der Waals surface area contributed by atoms with Gasteiger partial charge in [-0.15, -0.1) is 11.8 Å². The average Bonchev–Trinajstić information content (AvgIpc) is 2.94. The summed E-state index contributed by atoms with van der Waals surface area (Å²) in [7, 11) is 2.01. The summed E-state index contributed by atoms with van der Waals surface area (Å²) in [5.41, 5.74) is 1.61. The number of carbonyl (C=O) groups is 1. The fraction of sp³-hybridized carbons (Fsp3) is 0.474. The molecule has 3 rings (SSSR count). The number of amides is 1. The number of likely N-dealkylation sites (tertiary alicyclic amines) is 1. The summed E-state index contributed by atoms with van der Waals surface area (Å²) < 4.78 is 0. The van der Waals surface area contributed by atoms with Gasteiger partial charge in [-0.3, -0.25) is 9.59 Å². The van der Waals surface area contributed by atoms with E-state index in [0.29, 0.717) is 18.9 Å². The number of nitrogens with one attached hydrogen (secondary N) is 1. The van der Waals surface area contributed by atoms with Crippen molar-refractivity contribution >= 4 is 28.6 Å². The first-order chi connectivity index (χ1) is 12.0. The van der Waals surface area contributed by atoms with Gasteiger partial charge in [0.15, 0.2) is 0 Å². The van der Waals surface area contributed by atoms with Crippen molar-refractivity contribution in [2.75, 3.05) is 32.9 Å². The molecule has 1 unspecified atom stereocenters. The lowest BCUT2D eigenvalue weighted by atomic mass is 10.1. The smallest absolute Gasteiger partial charge is 0.252 e. The molecule has 0 aliphatic carbocycles. The molecule has 1 atom stereocenters. The van der Waals surface area contributed by atoms with E-state index < -0.39 is 0 Å². The summed E-state index contributed by atoms with van der Waals surface area (Å²) in [6.07, 6.45) is 2.64. The van der Waals surface area contributed by atoms with Crippen LogP contribution >= 0.6 is 11.8 Å². The number of hydrogen-bond donors (Lipinski definition) is 1. The zero-order chi connectivity index (χ0) is 18.0. The number of aromatic amines is 1. The number of carbonyl (C=O) groups excluding carboxylic acids is 1.